The maximum Gasteiger partial charge on any atom is 0.156 e. The van der Waals surface area contributed by atoms with Crippen LogP contribution in [0.25, 0.3) is 0 Å². The van der Waals surface area contributed by atoms with Gasteiger partial charge in [0.2, 0.25) is 0 Å². The quantitative estimate of drug-likeness (QED) is 0.407. The molecule has 0 radical (unpaired) electrons. The second-order valence-electron chi connectivity index (χ2n) is 3.29. The first kappa shape index (κ1) is 12.8. The average molecular weight is 226 g/mol. The molecule has 90 valence electrons. The zero-order valence-electron chi connectivity index (χ0n) is 9.69. The lowest BCUT2D eigenvalue weighted by atomic mass is 10.4. The van der Waals surface area contributed by atoms with Gasteiger partial charge in [0.15, 0.2) is 5.82 Å². The van der Waals surface area contributed by atoms with E-state index in [-0.39, 0.29) is 0 Å². The Kier molecular flexibility index (Phi) is 5.69. The highest BCUT2D eigenvalue weighted by atomic mass is 16.5. The van der Waals surface area contributed by atoms with Crippen LogP contribution in [0.2, 0.25) is 0 Å². The second kappa shape index (κ2) is 7.10. The van der Waals surface area contributed by atoms with Crippen molar-refractivity contribution in [2.75, 3.05) is 19.1 Å². The first-order valence-corrected chi connectivity index (χ1v) is 5.20. The van der Waals surface area contributed by atoms with E-state index < -0.39 is 0 Å². The third-order valence-corrected chi connectivity index (χ3v) is 1.85. The third kappa shape index (κ3) is 4.09. The second-order valence-corrected chi connectivity index (χ2v) is 3.29. The third-order valence-electron chi connectivity index (χ3n) is 1.85. The molecule has 0 saturated carbocycles. The monoisotopic (exact) mass is 226 g/mol. The van der Waals surface area contributed by atoms with Gasteiger partial charge in [0.05, 0.1) is 12.3 Å². The predicted octanol–water partition coefficient (Wildman–Crippen LogP) is 0.835. The minimum atomic E-state index is 0.389. The SMILES string of the molecule is CCCOCc1nc(COC)cc(NN)n1. The number of methoxy groups -OCH3 is 1. The molecular formula is C10H18N4O2. The van der Waals surface area contributed by atoms with Crippen molar-refractivity contribution in [3.63, 3.8) is 0 Å². The number of nitrogen functional groups attached to an aromatic ring is 1. The summed E-state index contributed by atoms with van der Waals surface area (Å²) in [6.07, 6.45) is 0.972. The molecule has 0 fully saturated rings. The summed E-state index contributed by atoms with van der Waals surface area (Å²) in [5.74, 6) is 6.49. The Hall–Kier alpha value is -1.24. The molecule has 0 aliphatic carbocycles. The van der Waals surface area contributed by atoms with Crippen molar-refractivity contribution in [2.45, 2.75) is 26.6 Å². The summed E-state index contributed by atoms with van der Waals surface area (Å²) in [6.45, 7) is 3.57. The summed E-state index contributed by atoms with van der Waals surface area (Å²) < 4.78 is 10.4. The number of hydrogen-bond donors (Lipinski definition) is 2. The van der Waals surface area contributed by atoms with Gasteiger partial charge < -0.3 is 14.9 Å². The molecule has 6 nitrogen and oxygen atoms in total. The molecule has 1 heterocycles. The minimum absolute atomic E-state index is 0.389. The smallest absolute Gasteiger partial charge is 0.156 e. The van der Waals surface area contributed by atoms with Crippen LogP contribution in [0.1, 0.15) is 24.9 Å². The van der Waals surface area contributed by atoms with Crippen LogP contribution in [0.15, 0.2) is 6.07 Å². The molecule has 6 heteroatoms. The molecule has 0 aliphatic heterocycles. The van der Waals surface area contributed by atoms with Gasteiger partial charge in [0.1, 0.15) is 12.4 Å². The number of nitrogens with two attached hydrogens (primary N) is 1. The van der Waals surface area contributed by atoms with E-state index in [9.17, 15) is 0 Å². The summed E-state index contributed by atoms with van der Waals surface area (Å²) >= 11 is 0. The lowest BCUT2D eigenvalue weighted by Crippen LogP contribution is -2.12. The zero-order valence-corrected chi connectivity index (χ0v) is 9.69. The molecule has 0 aliphatic rings. The molecule has 1 aromatic rings. The molecular weight excluding hydrogens is 208 g/mol. The van der Waals surface area contributed by atoms with Crippen molar-refractivity contribution in [3.05, 3.63) is 17.6 Å². The number of nitrogens with zero attached hydrogens (tertiary/aromatic N) is 2. The minimum Gasteiger partial charge on any atom is -0.378 e. The van der Waals surface area contributed by atoms with Gasteiger partial charge in [-0.3, -0.25) is 0 Å². The molecule has 0 atom stereocenters. The topological polar surface area (TPSA) is 82.3 Å². The normalized spacial score (nSPS) is 10.4. The first-order valence-electron chi connectivity index (χ1n) is 5.20. The van der Waals surface area contributed by atoms with E-state index >= 15 is 0 Å². The van der Waals surface area contributed by atoms with Gasteiger partial charge in [-0.05, 0) is 6.42 Å². The Morgan fingerprint density at radius 1 is 1.38 bits per heavy atom. The summed E-state index contributed by atoms with van der Waals surface area (Å²) in [5, 5.41) is 0. The first-order chi connectivity index (χ1) is 7.80. The zero-order chi connectivity index (χ0) is 11.8. The van der Waals surface area contributed by atoms with Gasteiger partial charge in [-0.1, -0.05) is 6.92 Å². The van der Waals surface area contributed by atoms with Crippen molar-refractivity contribution in [3.8, 4) is 0 Å². The fraction of sp³-hybridized carbons (Fsp3) is 0.600. The van der Waals surface area contributed by atoms with E-state index in [2.05, 4.69) is 22.3 Å². The number of aromatic nitrogens is 2. The Bertz CT molecular complexity index is 320. The van der Waals surface area contributed by atoms with Crippen LogP contribution >= 0.6 is 0 Å². The van der Waals surface area contributed by atoms with Crippen molar-refractivity contribution < 1.29 is 9.47 Å². The molecule has 1 rings (SSSR count). The molecule has 0 saturated heterocycles. The molecule has 16 heavy (non-hydrogen) atoms. The van der Waals surface area contributed by atoms with E-state index in [0.29, 0.717) is 31.5 Å². The Balaban J connectivity index is 2.69. The molecule has 0 spiro atoms. The van der Waals surface area contributed by atoms with Gasteiger partial charge in [-0.2, -0.15) is 0 Å². The summed E-state index contributed by atoms with van der Waals surface area (Å²) in [4.78, 5) is 8.46. The lowest BCUT2D eigenvalue weighted by Gasteiger charge is -2.07. The number of rotatable bonds is 7. The van der Waals surface area contributed by atoms with Crippen LogP contribution in [0.3, 0.4) is 0 Å². The standard InChI is InChI=1S/C10H18N4O2/c1-3-4-16-7-10-12-8(6-15-2)5-9(13-10)14-11/h5H,3-4,6-7,11H2,1-2H3,(H,12,13,14). The van der Waals surface area contributed by atoms with Crippen LogP contribution in [0.5, 0.6) is 0 Å². The molecule has 1 aromatic heterocycles. The van der Waals surface area contributed by atoms with Crippen LogP contribution in [0, 0.1) is 0 Å². The van der Waals surface area contributed by atoms with E-state index in [1.807, 2.05) is 0 Å². The fourth-order valence-corrected chi connectivity index (χ4v) is 1.22. The summed E-state index contributed by atoms with van der Waals surface area (Å²) in [6, 6.07) is 1.74. The Morgan fingerprint density at radius 2 is 2.19 bits per heavy atom. The fourth-order valence-electron chi connectivity index (χ4n) is 1.22. The van der Waals surface area contributed by atoms with Gasteiger partial charge in [0.25, 0.3) is 0 Å². The van der Waals surface area contributed by atoms with Crippen LogP contribution in [-0.4, -0.2) is 23.7 Å². The van der Waals surface area contributed by atoms with Crippen molar-refractivity contribution in [2.24, 2.45) is 5.84 Å². The van der Waals surface area contributed by atoms with Gasteiger partial charge in [0, 0.05) is 19.8 Å². The molecule has 0 amide bonds. The maximum absolute atomic E-state index is 5.37. The number of anilines is 1. The van der Waals surface area contributed by atoms with E-state index in [4.69, 9.17) is 15.3 Å². The van der Waals surface area contributed by atoms with Crippen molar-refractivity contribution in [1.82, 2.24) is 9.97 Å². The highest BCUT2D eigenvalue weighted by molar-refractivity contribution is 5.34. The van der Waals surface area contributed by atoms with E-state index in [0.717, 1.165) is 12.1 Å². The van der Waals surface area contributed by atoms with Crippen LogP contribution in [-0.2, 0) is 22.7 Å². The summed E-state index contributed by atoms with van der Waals surface area (Å²) in [5.41, 5.74) is 3.27. The van der Waals surface area contributed by atoms with Crippen molar-refractivity contribution >= 4 is 5.82 Å². The summed E-state index contributed by atoms with van der Waals surface area (Å²) in [7, 11) is 1.62. The number of hydrogen-bond acceptors (Lipinski definition) is 6. The molecule has 3 N–H and O–H groups in total. The lowest BCUT2D eigenvalue weighted by molar-refractivity contribution is 0.115. The van der Waals surface area contributed by atoms with E-state index in [1.165, 1.54) is 0 Å². The van der Waals surface area contributed by atoms with Gasteiger partial charge >= 0.3 is 0 Å². The number of hydrazine groups is 1. The number of nitrogens with one attached hydrogen (secondary N) is 1. The number of ether oxygens (including phenoxy) is 2. The Morgan fingerprint density at radius 3 is 2.81 bits per heavy atom. The average Bonchev–Trinajstić information content (AvgIpc) is 2.29. The highest BCUT2D eigenvalue weighted by Crippen LogP contribution is 2.07. The van der Waals surface area contributed by atoms with Gasteiger partial charge in [-0.15, -0.1) is 0 Å². The molecule has 0 bridgehead atoms. The van der Waals surface area contributed by atoms with Crippen LogP contribution in [0.4, 0.5) is 5.82 Å². The van der Waals surface area contributed by atoms with Gasteiger partial charge in [-0.25, -0.2) is 15.8 Å². The van der Waals surface area contributed by atoms with Crippen LogP contribution < -0.4 is 11.3 Å². The Labute approximate surface area is 95.1 Å². The molecule has 0 aromatic carbocycles. The van der Waals surface area contributed by atoms with E-state index in [1.54, 1.807) is 13.2 Å². The maximum atomic E-state index is 5.37. The predicted molar refractivity (Wildman–Crippen MR) is 60.5 cm³/mol. The molecule has 0 unspecified atom stereocenters. The van der Waals surface area contributed by atoms with Crippen molar-refractivity contribution in [1.29, 1.82) is 0 Å². The highest BCUT2D eigenvalue weighted by Gasteiger charge is 2.04. The largest absolute Gasteiger partial charge is 0.378 e.